The molecular weight excluding hydrogens is 310 g/mol. The maximum absolute atomic E-state index is 13.0. The molecule has 1 heterocycles. The predicted octanol–water partition coefficient (Wildman–Crippen LogP) is 4.17. The average Bonchev–Trinajstić information content (AvgIpc) is 2.66. The van der Waals surface area contributed by atoms with Crippen molar-refractivity contribution in [2.75, 3.05) is 19.6 Å². The lowest BCUT2D eigenvalue weighted by Gasteiger charge is -2.31. The molecule has 4 nitrogen and oxygen atoms in total. The van der Waals surface area contributed by atoms with Gasteiger partial charge in [-0.25, -0.2) is 4.79 Å². The number of nitrogens with zero attached hydrogens (tertiary/aromatic N) is 1. The second kappa shape index (κ2) is 11.1. The van der Waals surface area contributed by atoms with Crippen molar-refractivity contribution in [2.45, 2.75) is 65.0 Å². The molecule has 0 aliphatic carbocycles. The molecule has 25 heavy (non-hydrogen) atoms. The molecule has 140 valence electrons. The Bertz CT molecular complexity index is 485. The van der Waals surface area contributed by atoms with Crippen molar-refractivity contribution in [1.29, 1.82) is 0 Å². The first-order chi connectivity index (χ1) is 12.2. The number of hydrogen-bond donors (Lipinski definition) is 2. The van der Waals surface area contributed by atoms with Crippen molar-refractivity contribution in [3.8, 4) is 0 Å². The van der Waals surface area contributed by atoms with Crippen molar-refractivity contribution in [2.24, 2.45) is 5.92 Å². The van der Waals surface area contributed by atoms with Gasteiger partial charge in [-0.1, -0.05) is 57.0 Å². The van der Waals surface area contributed by atoms with E-state index in [2.05, 4.69) is 36.6 Å². The lowest BCUT2D eigenvalue weighted by molar-refractivity contribution is 0.172. The number of unbranched alkanes of at least 4 members (excludes halogenated alkanes) is 1. The van der Waals surface area contributed by atoms with Gasteiger partial charge in [-0.2, -0.15) is 0 Å². The summed E-state index contributed by atoms with van der Waals surface area (Å²) in [6, 6.07) is 10.7. The highest BCUT2D eigenvalue weighted by atomic mass is 16.2. The SMILES string of the molecule is CCCCC(CC)NC(=O)N(Cc1ccccc1)CC1CCNCC1. The maximum Gasteiger partial charge on any atom is 0.317 e. The molecule has 1 atom stereocenters. The summed E-state index contributed by atoms with van der Waals surface area (Å²) in [4.78, 5) is 15.0. The van der Waals surface area contributed by atoms with Crippen LogP contribution in [-0.2, 0) is 6.54 Å². The standard InChI is InChI=1S/C21H35N3O/c1-3-5-11-20(4-2)23-21(25)24(16-18-9-7-6-8-10-18)17-19-12-14-22-15-13-19/h6-10,19-20,22H,3-5,11-17H2,1-2H3,(H,23,25). The minimum absolute atomic E-state index is 0.102. The van der Waals surface area contributed by atoms with Crippen LogP contribution in [0.5, 0.6) is 0 Å². The Kier molecular flexibility index (Phi) is 8.81. The second-order valence-corrected chi connectivity index (χ2v) is 7.26. The van der Waals surface area contributed by atoms with Gasteiger partial charge in [0.05, 0.1) is 0 Å². The van der Waals surface area contributed by atoms with Gasteiger partial charge in [0.2, 0.25) is 0 Å². The number of carbonyl (C=O) groups is 1. The number of amides is 2. The zero-order valence-corrected chi connectivity index (χ0v) is 16.0. The second-order valence-electron chi connectivity index (χ2n) is 7.26. The largest absolute Gasteiger partial charge is 0.335 e. The Hall–Kier alpha value is -1.55. The molecule has 0 saturated carbocycles. The van der Waals surface area contributed by atoms with Crippen LogP contribution in [0.15, 0.2) is 30.3 Å². The number of rotatable bonds is 9. The molecule has 4 heteroatoms. The third kappa shape index (κ3) is 7.07. The molecule has 0 aromatic heterocycles. The highest BCUT2D eigenvalue weighted by Gasteiger charge is 2.22. The van der Waals surface area contributed by atoms with Crippen LogP contribution in [0.4, 0.5) is 4.79 Å². The molecule has 0 bridgehead atoms. The number of hydrogen-bond acceptors (Lipinski definition) is 2. The molecule has 1 unspecified atom stereocenters. The minimum Gasteiger partial charge on any atom is -0.335 e. The number of benzene rings is 1. The molecule has 1 aromatic carbocycles. The molecule has 1 saturated heterocycles. The third-order valence-corrected chi connectivity index (χ3v) is 5.17. The molecular formula is C21H35N3O. The van der Waals surface area contributed by atoms with Crippen molar-refractivity contribution in [3.63, 3.8) is 0 Å². The van der Waals surface area contributed by atoms with Gasteiger partial charge < -0.3 is 15.5 Å². The maximum atomic E-state index is 13.0. The van der Waals surface area contributed by atoms with Crippen LogP contribution in [0.3, 0.4) is 0 Å². The molecule has 0 radical (unpaired) electrons. The molecule has 1 fully saturated rings. The van der Waals surface area contributed by atoms with E-state index in [1.165, 1.54) is 18.4 Å². The summed E-state index contributed by atoms with van der Waals surface area (Å²) in [6.45, 7) is 8.05. The molecule has 1 aliphatic rings. The summed E-state index contributed by atoms with van der Waals surface area (Å²) in [5, 5.41) is 6.70. The highest BCUT2D eigenvalue weighted by molar-refractivity contribution is 5.74. The Morgan fingerprint density at radius 1 is 1.24 bits per heavy atom. The van der Waals surface area contributed by atoms with E-state index in [1.54, 1.807) is 0 Å². The molecule has 1 aromatic rings. The minimum atomic E-state index is 0.102. The number of urea groups is 1. The van der Waals surface area contributed by atoms with Gasteiger partial charge in [0.25, 0.3) is 0 Å². The quantitative estimate of drug-likeness (QED) is 0.705. The average molecular weight is 346 g/mol. The number of piperidine rings is 1. The lowest BCUT2D eigenvalue weighted by Crippen LogP contribution is -2.47. The molecule has 1 aliphatic heterocycles. The van der Waals surface area contributed by atoms with E-state index in [0.717, 1.165) is 45.3 Å². The van der Waals surface area contributed by atoms with Crippen molar-refractivity contribution in [1.82, 2.24) is 15.5 Å². The van der Waals surface area contributed by atoms with Gasteiger partial charge >= 0.3 is 6.03 Å². The molecule has 0 spiro atoms. The zero-order valence-electron chi connectivity index (χ0n) is 16.0. The fraction of sp³-hybridized carbons (Fsp3) is 0.667. The molecule has 2 amide bonds. The first-order valence-corrected chi connectivity index (χ1v) is 10.0. The van der Waals surface area contributed by atoms with Crippen LogP contribution in [0, 0.1) is 5.92 Å². The Labute approximate surface area is 153 Å². The summed E-state index contributed by atoms with van der Waals surface area (Å²) in [7, 11) is 0. The van der Waals surface area contributed by atoms with Crippen LogP contribution in [0.2, 0.25) is 0 Å². The Morgan fingerprint density at radius 3 is 2.60 bits per heavy atom. The highest BCUT2D eigenvalue weighted by Crippen LogP contribution is 2.16. The van der Waals surface area contributed by atoms with E-state index >= 15 is 0 Å². The van der Waals surface area contributed by atoms with Crippen LogP contribution < -0.4 is 10.6 Å². The van der Waals surface area contributed by atoms with E-state index < -0.39 is 0 Å². The van der Waals surface area contributed by atoms with Crippen LogP contribution >= 0.6 is 0 Å². The normalized spacial score (nSPS) is 16.4. The zero-order chi connectivity index (χ0) is 17.9. The lowest BCUT2D eigenvalue weighted by atomic mass is 9.97. The molecule has 2 rings (SSSR count). The Balaban J connectivity index is 1.99. The predicted molar refractivity (Wildman–Crippen MR) is 105 cm³/mol. The smallest absolute Gasteiger partial charge is 0.317 e. The van der Waals surface area contributed by atoms with Gasteiger partial charge in [-0.3, -0.25) is 0 Å². The summed E-state index contributed by atoms with van der Waals surface area (Å²) < 4.78 is 0. The fourth-order valence-electron chi connectivity index (χ4n) is 3.49. The van der Waals surface area contributed by atoms with Crippen molar-refractivity contribution in [3.05, 3.63) is 35.9 Å². The van der Waals surface area contributed by atoms with E-state index in [0.29, 0.717) is 18.5 Å². The van der Waals surface area contributed by atoms with Crippen LogP contribution in [0.25, 0.3) is 0 Å². The van der Waals surface area contributed by atoms with E-state index in [1.807, 2.05) is 23.1 Å². The summed E-state index contributed by atoms with van der Waals surface area (Å²) in [5.74, 6) is 0.603. The van der Waals surface area contributed by atoms with Crippen LogP contribution in [0.1, 0.15) is 57.9 Å². The third-order valence-electron chi connectivity index (χ3n) is 5.17. The van der Waals surface area contributed by atoms with Gasteiger partial charge in [-0.15, -0.1) is 0 Å². The van der Waals surface area contributed by atoms with Gasteiger partial charge in [0.15, 0.2) is 0 Å². The van der Waals surface area contributed by atoms with Gasteiger partial charge in [-0.05, 0) is 50.3 Å². The first kappa shape index (κ1) is 19.8. The topological polar surface area (TPSA) is 44.4 Å². The first-order valence-electron chi connectivity index (χ1n) is 10.0. The number of carbonyl (C=O) groups excluding carboxylic acids is 1. The van der Waals surface area contributed by atoms with E-state index in [9.17, 15) is 4.79 Å². The molecule has 2 N–H and O–H groups in total. The Morgan fingerprint density at radius 2 is 1.96 bits per heavy atom. The van der Waals surface area contributed by atoms with Crippen molar-refractivity contribution >= 4 is 6.03 Å². The summed E-state index contributed by atoms with van der Waals surface area (Å²) in [5.41, 5.74) is 1.20. The summed E-state index contributed by atoms with van der Waals surface area (Å²) >= 11 is 0. The summed E-state index contributed by atoms with van der Waals surface area (Å²) in [6.07, 6.45) is 6.74. The number of nitrogens with one attached hydrogen (secondary N) is 2. The monoisotopic (exact) mass is 345 g/mol. The van der Waals surface area contributed by atoms with Gasteiger partial charge in [0.1, 0.15) is 0 Å². The fourth-order valence-corrected chi connectivity index (χ4v) is 3.49. The van der Waals surface area contributed by atoms with E-state index in [-0.39, 0.29) is 6.03 Å². The van der Waals surface area contributed by atoms with Gasteiger partial charge in [0, 0.05) is 19.1 Å². The van der Waals surface area contributed by atoms with Crippen LogP contribution in [-0.4, -0.2) is 36.6 Å². The van der Waals surface area contributed by atoms with E-state index in [4.69, 9.17) is 0 Å². The van der Waals surface area contributed by atoms with Crippen molar-refractivity contribution < 1.29 is 4.79 Å².